The van der Waals surface area contributed by atoms with Crippen molar-refractivity contribution in [2.24, 2.45) is 5.10 Å². The maximum atomic E-state index is 13.7. The second-order valence-corrected chi connectivity index (χ2v) is 10.5. The summed E-state index contributed by atoms with van der Waals surface area (Å²) in [4.78, 5) is 13.2. The number of ether oxygens (including phenoxy) is 2. The normalized spacial score (nSPS) is 11.7. The summed E-state index contributed by atoms with van der Waals surface area (Å²) in [7, 11) is -0.926. The quantitative estimate of drug-likeness (QED) is 0.305. The summed E-state index contributed by atoms with van der Waals surface area (Å²) in [6.07, 6.45) is 0.526. The smallest absolute Gasteiger partial charge is 0.264 e. The first-order chi connectivity index (χ1) is 17.6. The average molecular weight is 524 g/mol. The third kappa shape index (κ3) is 6.48. The molecule has 0 atom stereocenters. The van der Waals surface area contributed by atoms with Gasteiger partial charge in [-0.1, -0.05) is 36.8 Å². The van der Waals surface area contributed by atoms with Crippen LogP contribution >= 0.6 is 0 Å². The Kier molecular flexibility index (Phi) is 8.94. The number of amides is 1. The minimum atomic E-state index is -4.02. The molecule has 196 valence electrons. The molecular weight excluding hydrogens is 490 g/mol. The van der Waals surface area contributed by atoms with Crippen molar-refractivity contribution in [3.63, 3.8) is 0 Å². The van der Waals surface area contributed by atoms with Gasteiger partial charge in [0.15, 0.2) is 11.5 Å². The summed E-state index contributed by atoms with van der Waals surface area (Å²) in [5, 5.41) is 4.30. The average Bonchev–Trinajstić information content (AvgIpc) is 2.89. The largest absolute Gasteiger partial charge is 0.493 e. The molecular formula is C28H33N3O5S. The number of carbonyl (C=O) groups excluding carboxylic acids is 1. The molecule has 0 bridgehead atoms. The Balaban J connectivity index is 1.93. The zero-order valence-corrected chi connectivity index (χ0v) is 22.8. The topological polar surface area (TPSA) is 97.3 Å². The van der Waals surface area contributed by atoms with E-state index in [9.17, 15) is 13.2 Å². The van der Waals surface area contributed by atoms with E-state index < -0.39 is 22.5 Å². The fraction of sp³-hybridized carbons (Fsp3) is 0.286. The number of hydrazone groups is 1. The lowest BCUT2D eigenvalue weighted by atomic mass is 10.1. The van der Waals surface area contributed by atoms with Crippen LogP contribution in [0.4, 0.5) is 5.69 Å². The Morgan fingerprint density at radius 2 is 1.54 bits per heavy atom. The van der Waals surface area contributed by atoms with Gasteiger partial charge in [-0.05, 0) is 74.7 Å². The Morgan fingerprint density at radius 3 is 2.16 bits per heavy atom. The summed E-state index contributed by atoms with van der Waals surface area (Å²) in [6.45, 7) is 7.04. The lowest BCUT2D eigenvalue weighted by Gasteiger charge is -2.25. The van der Waals surface area contributed by atoms with Crippen molar-refractivity contribution >= 4 is 27.3 Å². The maximum Gasteiger partial charge on any atom is 0.264 e. The highest BCUT2D eigenvalue weighted by atomic mass is 32.2. The number of methoxy groups -OCH3 is 2. The molecule has 3 aromatic carbocycles. The third-order valence-electron chi connectivity index (χ3n) is 5.90. The molecule has 9 heteroatoms. The van der Waals surface area contributed by atoms with Crippen LogP contribution in [0.25, 0.3) is 0 Å². The van der Waals surface area contributed by atoms with E-state index in [0.717, 1.165) is 26.6 Å². The molecule has 0 aliphatic heterocycles. The minimum Gasteiger partial charge on any atom is -0.493 e. The highest BCUT2D eigenvalue weighted by molar-refractivity contribution is 7.92. The van der Waals surface area contributed by atoms with E-state index >= 15 is 0 Å². The molecule has 0 aliphatic carbocycles. The molecule has 1 N–H and O–H groups in total. The fourth-order valence-corrected chi connectivity index (χ4v) is 5.26. The van der Waals surface area contributed by atoms with E-state index in [1.165, 1.54) is 0 Å². The molecule has 1 amide bonds. The summed E-state index contributed by atoms with van der Waals surface area (Å²) in [5.41, 5.74) is 6.88. The van der Waals surface area contributed by atoms with Gasteiger partial charge in [-0.2, -0.15) is 5.10 Å². The van der Waals surface area contributed by atoms with Gasteiger partial charge in [0, 0.05) is 5.56 Å². The number of nitrogens with one attached hydrogen (secondary N) is 1. The zero-order chi connectivity index (χ0) is 27.2. The lowest BCUT2D eigenvalue weighted by Crippen LogP contribution is -2.40. The first-order valence-corrected chi connectivity index (χ1v) is 13.3. The fourth-order valence-electron chi connectivity index (χ4n) is 3.78. The number of aryl methyl sites for hydroxylation is 3. The predicted octanol–water partition coefficient (Wildman–Crippen LogP) is 4.75. The number of carbonyl (C=O) groups is 1. The van der Waals surface area contributed by atoms with E-state index in [0.29, 0.717) is 29.3 Å². The number of nitrogens with zero attached hydrogens (tertiary/aromatic N) is 2. The van der Waals surface area contributed by atoms with E-state index in [1.54, 1.807) is 56.7 Å². The Morgan fingerprint density at radius 1 is 0.892 bits per heavy atom. The molecule has 0 radical (unpaired) electrons. The number of sulfonamides is 1. The van der Waals surface area contributed by atoms with E-state index in [4.69, 9.17) is 9.47 Å². The van der Waals surface area contributed by atoms with Crippen LogP contribution in [0.2, 0.25) is 0 Å². The molecule has 8 nitrogen and oxygen atoms in total. The van der Waals surface area contributed by atoms with Crippen LogP contribution in [0.5, 0.6) is 11.5 Å². The minimum absolute atomic E-state index is 0.106. The molecule has 0 fully saturated rings. The van der Waals surface area contributed by atoms with E-state index in [-0.39, 0.29) is 4.90 Å². The molecule has 37 heavy (non-hydrogen) atoms. The van der Waals surface area contributed by atoms with Crippen molar-refractivity contribution in [1.82, 2.24) is 5.43 Å². The molecule has 0 aliphatic rings. The molecule has 0 saturated heterocycles. The highest BCUT2D eigenvalue weighted by Gasteiger charge is 2.28. The zero-order valence-electron chi connectivity index (χ0n) is 22.0. The van der Waals surface area contributed by atoms with Crippen LogP contribution in [-0.2, 0) is 14.8 Å². The van der Waals surface area contributed by atoms with E-state index in [1.807, 2.05) is 45.9 Å². The molecule has 0 aromatic heterocycles. The van der Waals surface area contributed by atoms with Crippen LogP contribution in [0.1, 0.15) is 35.6 Å². The molecule has 3 rings (SSSR count). The van der Waals surface area contributed by atoms with Crippen molar-refractivity contribution in [1.29, 1.82) is 0 Å². The third-order valence-corrected chi connectivity index (χ3v) is 7.67. The van der Waals surface area contributed by atoms with Gasteiger partial charge in [0.1, 0.15) is 6.54 Å². The Labute approximate surface area is 219 Å². The number of rotatable bonds is 10. The van der Waals surface area contributed by atoms with Crippen LogP contribution in [-0.4, -0.2) is 40.8 Å². The van der Waals surface area contributed by atoms with Crippen molar-refractivity contribution in [3.8, 4) is 11.5 Å². The first kappa shape index (κ1) is 27.7. The molecule has 0 saturated carbocycles. The van der Waals surface area contributed by atoms with Crippen LogP contribution in [0, 0.1) is 20.8 Å². The summed E-state index contributed by atoms with van der Waals surface area (Å²) in [6, 6.07) is 17.4. The van der Waals surface area contributed by atoms with Gasteiger partial charge >= 0.3 is 0 Å². The van der Waals surface area contributed by atoms with Gasteiger partial charge < -0.3 is 9.47 Å². The van der Waals surface area contributed by atoms with Gasteiger partial charge in [-0.3, -0.25) is 9.10 Å². The number of anilines is 1. The van der Waals surface area contributed by atoms with Gasteiger partial charge in [0.25, 0.3) is 15.9 Å². The lowest BCUT2D eigenvalue weighted by molar-refractivity contribution is -0.119. The second kappa shape index (κ2) is 11.9. The Hall–Kier alpha value is -3.85. The number of hydrogen-bond donors (Lipinski definition) is 1. The molecule has 3 aromatic rings. The monoisotopic (exact) mass is 523 g/mol. The SMILES string of the molecule is CC/C(=N/NC(=O)CN(c1cc(C)ccc1C)S(=O)(=O)c1ccc(C)cc1)c1ccc(OC)c(OC)c1. The first-order valence-electron chi connectivity index (χ1n) is 11.8. The number of hydrogen-bond acceptors (Lipinski definition) is 6. The summed E-state index contributed by atoms with van der Waals surface area (Å²) >= 11 is 0. The van der Waals surface area contributed by atoms with Crippen molar-refractivity contribution in [2.45, 2.75) is 39.0 Å². The van der Waals surface area contributed by atoms with Gasteiger partial charge in [0.05, 0.1) is 30.5 Å². The predicted molar refractivity (Wildman–Crippen MR) is 146 cm³/mol. The van der Waals surface area contributed by atoms with Crippen LogP contribution < -0.4 is 19.2 Å². The maximum absolute atomic E-state index is 13.7. The van der Waals surface area contributed by atoms with Gasteiger partial charge in [-0.25, -0.2) is 13.8 Å². The summed E-state index contributed by atoms with van der Waals surface area (Å²) in [5.74, 6) is 0.553. The Bertz CT molecular complexity index is 1400. The van der Waals surface area contributed by atoms with Crippen molar-refractivity contribution in [3.05, 3.63) is 82.9 Å². The van der Waals surface area contributed by atoms with Crippen molar-refractivity contribution in [2.75, 3.05) is 25.1 Å². The molecule has 0 unspecified atom stereocenters. The van der Waals surface area contributed by atoms with Crippen LogP contribution in [0.15, 0.2) is 70.7 Å². The highest BCUT2D eigenvalue weighted by Crippen LogP contribution is 2.29. The van der Waals surface area contributed by atoms with Gasteiger partial charge in [-0.15, -0.1) is 0 Å². The van der Waals surface area contributed by atoms with Gasteiger partial charge in [0.2, 0.25) is 0 Å². The standard InChI is InChI=1S/C28H33N3O5S/c1-7-24(22-12-15-26(35-5)27(17-22)36-6)29-30-28(32)18-31(25-16-20(3)8-11-21(25)4)37(33,34)23-13-9-19(2)10-14-23/h8-17H,7,18H2,1-6H3,(H,30,32)/b29-24-. The molecule has 0 heterocycles. The second-order valence-electron chi connectivity index (χ2n) is 8.63. The number of benzene rings is 3. The van der Waals surface area contributed by atoms with Crippen molar-refractivity contribution < 1.29 is 22.7 Å². The van der Waals surface area contributed by atoms with E-state index in [2.05, 4.69) is 10.5 Å². The van der Waals surface area contributed by atoms with Crippen LogP contribution in [0.3, 0.4) is 0 Å². The molecule has 0 spiro atoms. The summed E-state index contributed by atoms with van der Waals surface area (Å²) < 4.78 is 39.1.